The first kappa shape index (κ1) is 15.3. The third kappa shape index (κ3) is 3.49. The number of carbonyl (C=O) groups excluding carboxylic acids is 1. The molecule has 1 amide bonds. The lowest BCUT2D eigenvalue weighted by molar-refractivity contribution is -0.142. The van der Waals surface area contributed by atoms with Gasteiger partial charge in [0.15, 0.2) is 0 Å². The third-order valence-corrected chi connectivity index (χ3v) is 4.29. The molecule has 5 nitrogen and oxygen atoms in total. The second-order valence-electron chi connectivity index (χ2n) is 4.84. The van der Waals surface area contributed by atoms with Crippen LogP contribution >= 0.6 is 27.5 Å². The molecular weight excluding hydrogens is 348 g/mol. The minimum absolute atomic E-state index is 0.0182. The molecule has 0 spiro atoms. The molecule has 20 heavy (non-hydrogen) atoms. The number of carboxylic acids is 1. The first-order valence-corrected chi connectivity index (χ1v) is 7.48. The van der Waals surface area contributed by atoms with Gasteiger partial charge in [0, 0.05) is 17.2 Å². The summed E-state index contributed by atoms with van der Waals surface area (Å²) in [5.74, 6) is -1.51. The van der Waals surface area contributed by atoms with E-state index in [2.05, 4.69) is 26.2 Å². The van der Waals surface area contributed by atoms with E-state index in [4.69, 9.17) is 16.7 Å². The molecule has 1 heterocycles. The summed E-state index contributed by atoms with van der Waals surface area (Å²) < 4.78 is 0.663. The lowest BCUT2D eigenvalue weighted by Gasteiger charge is -2.16. The zero-order chi connectivity index (χ0) is 14.7. The molecule has 108 valence electrons. The third-order valence-electron chi connectivity index (χ3n) is 3.55. The largest absolute Gasteiger partial charge is 0.481 e. The maximum atomic E-state index is 12.0. The average Bonchev–Trinajstić information content (AvgIpc) is 2.87. The van der Waals surface area contributed by atoms with Crippen molar-refractivity contribution < 1.29 is 14.7 Å². The van der Waals surface area contributed by atoms with Crippen molar-refractivity contribution in [1.82, 2.24) is 10.3 Å². The summed E-state index contributed by atoms with van der Waals surface area (Å²) in [7, 11) is 0. The Balaban J connectivity index is 1.98. The highest BCUT2D eigenvalue weighted by Crippen LogP contribution is 2.31. The SMILES string of the molecule is O=C(NCC1CCCC1C(=O)O)c1cc(Br)cnc1Cl. The molecule has 2 rings (SSSR count). The average molecular weight is 362 g/mol. The number of pyridine rings is 1. The Morgan fingerprint density at radius 3 is 2.95 bits per heavy atom. The topological polar surface area (TPSA) is 79.3 Å². The van der Waals surface area contributed by atoms with Gasteiger partial charge in [-0.3, -0.25) is 9.59 Å². The number of halogens is 2. The van der Waals surface area contributed by atoms with Gasteiger partial charge in [-0.15, -0.1) is 0 Å². The van der Waals surface area contributed by atoms with Crippen LogP contribution in [0.3, 0.4) is 0 Å². The number of amides is 1. The molecular formula is C13H14BrClN2O3. The predicted molar refractivity (Wildman–Crippen MR) is 77.7 cm³/mol. The van der Waals surface area contributed by atoms with Gasteiger partial charge in [0.1, 0.15) is 5.15 Å². The lowest BCUT2D eigenvalue weighted by atomic mass is 9.96. The Morgan fingerprint density at radius 1 is 1.50 bits per heavy atom. The first-order valence-electron chi connectivity index (χ1n) is 6.31. The molecule has 2 N–H and O–H groups in total. The standard InChI is InChI=1S/C13H14BrClN2O3/c14-8-4-10(11(15)16-6-8)12(18)17-5-7-2-1-3-9(7)13(19)20/h4,6-7,9H,1-3,5H2,(H,17,18)(H,19,20). The number of hydrogen-bond donors (Lipinski definition) is 2. The maximum absolute atomic E-state index is 12.0. The van der Waals surface area contributed by atoms with Crippen LogP contribution in [0, 0.1) is 11.8 Å². The van der Waals surface area contributed by atoms with Gasteiger partial charge in [-0.05, 0) is 40.8 Å². The van der Waals surface area contributed by atoms with Crippen LogP contribution < -0.4 is 5.32 Å². The molecule has 0 radical (unpaired) electrons. The van der Waals surface area contributed by atoms with Gasteiger partial charge < -0.3 is 10.4 Å². The molecule has 1 aromatic rings. The van der Waals surface area contributed by atoms with Crippen LogP contribution in [0.15, 0.2) is 16.7 Å². The summed E-state index contributed by atoms with van der Waals surface area (Å²) in [6.45, 7) is 0.346. The Labute approximate surface area is 129 Å². The second kappa shape index (κ2) is 6.54. The summed E-state index contributed by atoms with van der Waals surface area (Å²) in [5, 5.41) is 12.0. The molecule has 0 saturated heterocycles. The van der Waals surface area contributed by atoms with Gasteiger partial charge in [-0.2, -0.15) is 0 Å². The van der Waals surface area contributed by atoms with Crippen LogP contribution in [0.2, 0.25) is 5.15 Å². The van der Waals surface area contributed by atoms with Crippen molar-refractivity contribution in [2.75, 3.05) is 6.54 Å². The monoisotopic (exact) mass is 360 g/mol. The number of carbonyl (C=O) groups is 2. The zero-order valence-electron chi connectivity index (χ0n) is 10.6. The molecule has 1 aromatic heterocycles. The molecule has 1 fully saturated rings. The highest BCUT2D eigenvalue weighted by Gasteiger charge is 2.33. The maximum Gasteiger partial charge on any atom is 0.306 e. The molecule has 1 aliphatic carbocycles. The van der Waals surface area contributed by atoms with Gasteiger partial charge in [0.25, 0.3) is 5.91 Å². The van der Waals surface area contributed by atoms with Gasteiger partial charge >= 0.3 is 5.97 Å². The molecule has 2 atom stereocenters. The Kier molecular flexibility index (Phi) is 4.99. The van der Waals surface area contributed by atoms with Crippen molar-refractivity contribution in [2.45, 2.75) is 19.3 Å². The summed E-state index contributed by atoms with van der Waals surface area (Å²) in [6.07, 6.45) is 3.89. The van der Waals surface area contributed by atoms with Crippen molar-refractivity contribution in [3.63, 3.8) is 0 Å². The van der Waals surface area contributed by atoms with E-state index in [0.717, 1.165) is 12.8 Å². The fourth-order valence-corrected chi connectivity index (χ4v) is 3.03. The Hall–Kier alpha value is -1.14. The molecule has 1 aliphatic rings. The summed E-state index contributed by atoms with van der Waals surface area (Å²) in [6, 6.07) is 1.59. The van der Waals surface area contributed by atoms with E-state index < -0.39 is 5.97 Å². The number of aliphatic carboxylic acids is 1. The first-order chi connectivity index (χ1) is 9.49. The van der Waals surface area contributed by atoms with Gasteiger partial charge in [-0.1, -0.05) is 18.0 Å². The minimum Gasteiger partial charge on any atom is -0.481 e. The molecule has 7 heteroatoms. The van der Waals surface area contributed by atoms with E-state index in [1.165, 1.54) is 6.20 Å². The van der Waals surface area contributed by atoms with E-state index in [-0.39, 0.29) is 28.5 Å². The van der Waals surface area contributed by atoms with Crippen LogP contribution in [0.4, 0.5) is 0 Å². The predicted octanol–water partition coefficient (Wildman–Crippen LogP) is 2.73. The highest BCUT2D eigenvalue weighted by molar-refractivity contribution is 9.10. The lowest BCUT2D eigenvalue weighted by Crippen LogP contribution is -2.33. The summed E-state index contributed by atoms with van der Waals surface area (Å²) in [5.41, 5.74) is 0.283. The van der Waals surface area contributed by atoms with Gasteiger partial charge in [-0.25, -0.2) is 4.98 Å². The van der Waals surface area contributed by atoms with E-state index >= 15 is 0 Å². The molecule has 0 bridgehead atoms. The van der Waals surface area contributed by atoms with Crippen LogP contribution in [-0.2, 0) is 4.79 Å². The second-order valence-corrected chi connectivity index (χ2v) is 6.11. The van der Waals surface area contributed by atoms with E-state index in [1.54, 1.807) is 6.07 Å². The van der Waals surface area contributed by atoms with Crippen molar-refractivity contribution in [3.8, 4) is 0 Å². The van der Waals surface area contributed by atoms with Gasteiger partial charge in [0.2, 0.25) is 0 Å². The van der Waals surface area contributed by atoms with Crippen LogP contribution in [0.1, 0.15) is 29.6 Å². The van der Waals surface area contributed by atoms with E-state index in [9.17, 15) is 9.59 Å². The van der Waals surface area contributed by atoms with Crippen LogP contribution in [0.25, 0.3) is 0 Å². The normalized spacial score (nSPS) is 21.7. The fraction of sp³-hybridized carbons (Fsp3) is 0.462. The van der Waals surface area contributed by atoms with Crippen LogP contribution in [0.5, 0.6) is 0 Å². The number of aromatic nitrogens is 1. The van der Waals surface area contributed by atoms with Crippen molar-refractivity contribution in [1.29, 1.82) is 0 Å². The summed E-state index contributed by atoms with van der Waals surface area (Å²) >= 11 is 9.11. The van der Waals surface area contributed by atoms with Crippen molar-refractivity contribution in [2.24, 2.45) is 11.8 Å². The van der Waals surface area contributed by atoms with E-state index in [1.807, 2.05) is 0 Å². The Bertz CT molecular complexity index is 538. The Morgan fingerprint density at radius 2 is 2.25 bits per heavy atom. The smallest absolute Gasteiger partial charge is 0.306 e. The highest BCUT2D eigenvalue weighted by atomic mass is 79.9. The molecule has 0 aromatic carbocycles. The number of nitrogens with one attached hydrogen (secondary N) is 1. The van der Waals surface area contributed by atoms with Crippen LogP contribution in [-0.4, -0.2) is 28.5 Å². The minimum atomic E-state index is -0.788. The number of carboxylic acid groups (broad SMARTS) is 1. The summed E-state index contributed by atoms with van der Waals surface area (Å²) in [4.78, 5) is 27.0. The molecule has 0 aliphatic heterocycles. The van der Waals surface area contributed by atoms with Crippen molar-refractivity contribution >= 4 is 39.4 Å². The number of nitrogens with zero attached hydrogens (tertiary/aromatic N) is 1. The fourth-order valence-electron chi connectivity index (χ4n) is 2.51. The molecule has 1 saturated carbocycles. The van der Waals surface area contributed by atoms with Crippen molar-refractivity contribution in [3.05, 3.63) is 27.5 Å². The zero-order valence-corrected chi connectivity index (χ0v) is 12.9. The van der Waals surface area contributed by atoms with Gasteiger partial charge in [0.05, 0.1) is 11.5 Å². The number of rotatable bonds is 4. The van der Waals surface area contributed by atoms with E-state index in [0.29, 0.717) is 17.4 Å². The number of hydrogen-bond acceptors (Lipinski definition) is 3. The molecule has 2 unspecified atom stereocenters. The quantitative estimate of drug-likeness (QED) is 0.808.